The highest BCUT2D eigenvalue weighted by molar-refractivity contribution is 5.95. The molecule has 1 saturated heterocycles. The molecular formula is C13H12F4N2O2. The number of carbonyl (C=O) groups is 2. The van der Waals surface area contributed by atoms with Gasteiger partial charge in [0.25, 0.3) is 5.91 Å². The monoisotopic (exact) mass is 304 g/mol. The maximum Gasteiger partial charge on any atom is 0.419 e. The number of amides is 2. The fraction of sp³-hybridized carbons (Fsp3) is 0.385. The van der Waals surface area contributed by atoms with Crippen molar-refractivity contribution in [1.29, 1.82) is 0 Å². The zero-order valence-electron chi connectivity index (χ0n) is 11.0. The van der Waals surface area contributed by atoms with Crippen LogP contribution in [0.15, 0.2) is 18.2 Å². The van der Waals surface area contributed by atoms with Gasteiger partial charge in [-0.2, -0.15) is 13.2 Å². The Balaban J connectivity index is 2.05. The number of nitrogens with zero attached hydrogens (tertiary/aromatic N) is 1. The molecular weight excluding hydrogens is 292 g/mol. The Morgan fingerprint density at radius 2 is 1.90 bits per heavy atom. The summed E-state index contributed by atoms with van der Waals surface area (Å²) in [5.74, 6) is -2.27. The third kappa shape index (κ3) is 3.32. The van der Waals surface area contributed by atoms with Crippen molar-refractivity contribution in [2.75, 3.05) is 13.1 Å². The second-order valence-electron chi connectivity index (χ2n) is 4.80. The van der Waals surface area contributed by atoms with Crippen molar-refractivity contribution in [3.05, 3.63) is 35.1 Å². The van der Waals surface area contributed by atoms with Crippen LogP contribution < -0.4 is 5.32 Å². The van der Waals surface area contributed by atoms with Crippen LogP contribution in [0.1, 0.15) is 22.8 Å². The van der Waals surface area contributed by atoms with Crippen molar-refractivity contribution in [3.63, 3.8) is 0 Å². The van der Waals surface area contributed by atoms with Gasteiger partial charge in [0, 0.05) is 25.6 Å². The number of hydrogen-bond acceptors (Lipinski definition) is 2. The predicted molar refractivity (Wildman–Crippen MR) is 64.9 cm³/mol. The Morgan fingerprint density at radius 3 is 2.38 bits per heavy atom. The summed E-state index contributed by atoms with van der Waals surface area (Å²) in [5.41, 5.74) is -1.56. The molecule has 1 aliphatic heterocycles. The molecule has 0 atom stereocenters. The molecule has 114 valence electrons. The fourth-order valence-electron chi connectivity index (χ4n) is 2.08. The Morgan fingerprint density at radius 1 is 1.29 bits per heavy atom. The summed E-state index contributed by atoms with van der Waals surface area (Å²) in [6.07, 6.45) is -4.79. The minimum atomic E-state index is -4.79. The van der Waals surface area contributed by atoms with E-state index >= 15 is 0 Å². The van der Waals surface area contributed by atoms with Gasteiger partial charge in [-0.15, -0.1) is 0 Å². The highest BCUT2D eigenvalue weighted by Gasteiger charge is 2.36. The first-order valence-corrected chi connectivity index (χ1v) is 6.11. The van der Waals surface area contributed by atoms with Crippen LogP contribution in [0.2, 0.25) is 0 Å². The Bertz CT molecular complexity index is 580. The van der Waals surface area contributed by atoms with E-state index in [1.807, 2.05) is 0 Å². The quantitative estimate of drug-likeness (QED) is 0.847. The van der Waals surface area contributed by atoms with Gasteiger partial charge in [-0.1, -0.05) is 0 Å². The summed E-state index contributed by atoms with van der Waals surface area (Å²) in [6, 6.07) is 1.90. The van der Waals surface area contributed by atoms with Crippen molar-refractivity contribution in [2.45, 2.75) is 19.1 Å². The summed E-state index contributed by atoms with van der Waals surface area (Å²) in [7, 11) is 0. The lowest BCUT2D eigenvalue weighted by atomic mass is 10.0. The second kappa shape index (κ2) is 5.34. The molecule has 0 spiro atoms. The molecule has 4 nitrogen and oxygen atoms in total. The Labute approximate surface area is 117 Å². The van der Waals surface area contributed by atoms with Gasteiger partial charge < -0.3 is 10.2 Å². The molecule has 0 bridgehead atoms. The molecule has 2 amide bonds. The van der Waals surface area contributed by atoms with Gasteiger partial charge >= 0.3 is 6.18 Å². The molecule has 0 aliphatic carbocycles. The molecule has 0 radical (unpaired) electrons. The number of hydrogen-bond donors (Lipinski definition) is 1. The first kappa shape index (κ1) is 15.3. The largest absolute Gasteiger partial charge is 0.419 e. The van der Waals surface area contributed by atoms with Crippen LogP contribution in [-0.4, -0.2) is 35.8 Å². The molecule has 1 aliphatic rings. The molecule has 0 aromatic heterocycles. The number of likely N-dealkylation sites (tertiary alicyclic amines) is 1. The first-order chi connectivity index (χ1) is 9.68. The van der Waals surface area contributed by atoms with Crippen LogP contribution in [-0.2, 0) is 11.0 Å². The standard InChI is InChI=1S/C13H12F4N2O2/c1-7(20)18-9-5-19(6-9)12(21)8-2-3-10(11(14)4-8)13(15,16)17/h2-4,9H,5-6H2,1H3,(H,18,20). The topological polar surface area (TPSA) is 49.4 Å². The van der Waals surface area contributed by atoms with E-state index in [4.69, 9.17) is 0 Å². The van der Waals surface area contributed by atoms with E-state index < -0.39 is 23.5 Å². The van der Waals surface area contributed by atoms with Crippen LogP contribution in [0.3, 0.4) is 0 Å². The van der Waals surface area contributed by atoms with Gasteiger partial charge in [-0.3, -0.25) is 9.59 Å². The maximum absolute atomic E-state index is 13.4. The van der Waals surface area contributed by atoms with E-state index in [1.54, 1.807) is 0 Å². The van der Waals surface area contributed by atoms with E-state index in [-0.39, 0.29) is 30.6 Å². The van der Waals surface area contributed by atoms with Crippen molar-refractivity contribution in [3.8, 4) is 0 Å². The van der Waals surface area contributed by atoms with Crippen molar-refractivity contribution >= 4 is 11.8 Å². The molecule has 0 unspecified atom stereocenters. The van der Waals surface area contributed by atoms with Gasteiger partial charge in [0.15, 0.2) is 0 Å². The first-order valence-electron chi connectivity index (χ1n) is 6.11. The molecule has 2 rings (SSSR count). The smallest absolute Gasteiger partial charge is 0.350 e. The van der Waals surface area contributed by atoms with Crippen molar-refractivity contribution in [1.82, 2.24) is 10.2 Å². The highest BCUT2D eigenvalue weighted by atomic mass is 19.4. The van der Waals surface area contributed by atoms with Gasteiger partial charge in [-0.25, -0.2) is 4.39 Å². The Hall–Kier alpha value is -2.12. The van der Waals surface area contributed by atoms with E-state index in [1.165, 1.54) is 11.8 Å². The van der Waals surface area contributed by atoms with Gasteiger partial charge in [0.1, 0.15) is 5.82 Å². The zero-order valence-corrected chi connectivity index (χ0v) is 11.0. The molecule has 21 heavy (non-hydrogen) atoms. The second-order valence-corrected chi connectivity index (χ2v) is 4.80. The summed E-state index contributed by atoms with van der Waals surface area (Å²) in [4.78, 5) is 24.1. The van der Waals surface area contributed by atoms with Crippen LogP contribution in [0.25, 0.3) is 0 Å². The van der Waals surface area contributed by atoms with Gasteiger partial charge in [-0.05, 0) is 18.2 Å². The van der Waals surface area contributed by atoms with Crippen molar-refractivity contribution < 1.29 is 27.2 Å². The molecule has 8 heteroatoms. The lowest BCUT2D eigenvalue weighted by molar-refractivity contribution is -0.140. The van der Waals surface area contributed by atoms with Crippen LogP contribution in [0, 0.1) is 5.82 Å². The average Bonchev–Trinajstić information content (AvgIpc) is 2.30. The molecule has 1 aromatic rings. The van der Waals surface area contributed by atoms with Crippen LogP contribution in [0.5, 0.6) is 0 Å². The average molecular weight is 304 g/mol. The van der Waals surface area contributed by atoms with E-state index in [2.05, 4.69) is 5.32 Å². The number of carbonyl (C=O) groups excluding carboxylic acids is 2. The summed E-state index contributed by atoms with van der Waals surface area (Å²) in [6.45, 7) is 1.85. The molecule has 1 heterocycles. The minimum Gasteiger partial charge on any atom is -0.350 e. The number of alkyl halides is 3. The highest BCUT2D eigenvalue weighted by Crippen LogP contribution is 2.31. The lowest BCUT2D eigenvalue weighted by Crippen LogP contribution is -2.60. The van der Waals surface area contributed by atoms with Crippen molar-refractivity contribution in [2.24, 2.45) is 0 Å². The summed E-state index contributed by atoms with van der Waals surface area (Å²) < 4.78 is 50.6. The summed E-state index contributed by atoms with van der Waals surface area (Å²) >= 11 is 0. The van der Waals surface area contributed by atoms with Crippen LogP contribution in [0.4, 0.5) is 17.6 Å². The van der Waals surface area contributed by atoms with E-state index in [0.717, 1.165) is 6.07 Å². The number of nitrogens with one attached hydrogen (secondary N) is 1. The third-order valence-electron chi connectivity index (χ3n) is 3.10. The van der Waals surface area contributed by atoms with E-state index in [0.29, 0.717) is 12.1 Å². The molecule has 1 N–H and O–H groups in total. The molecule has 0 saturated carbocycles. The lowest BCUT2D eigenvalue weighted by Gasteiger charge is -2.39. The third-order valence-corrected chi connectivity index (χ3v) is 3.10. The molecule has 1 fully saturated rings. The molecule has 1 aromatic carbocycles. The zero-order chi connectivity index (χ0) is 15.8. The number of rotatable bonds is 2. The minimum absolute atomic E-state index is 0.151. The Kier molecular flexibility index (Phi) is 3.89. The number of halogens is 4. The van der Waals surface area contributed by atoms with E-state index in [9.17, 15) is 27.2 Å². The number of benzene rings is 1. The normalized spacial score (nSPS) is 15.6. The van der Waals surface area contributed by atoms with Gasteiger partial charge in [0.05, 0.1) is 11.6 Å². The van der Waals surface area contributed by atoms with Crippen LogP contribution >= 0.6 is 0 Å². The maximum atomic E-state index is 13.4. The fourth-order valence-corrected chi connectivity index (χ4v) is 2.08. The predicted octanol–water partition coefficient (Wildman–Crippen LogP) is 1.81. The summed E-state index contributed by atoms with van der Waals surface area (Å²) in [5, 5.41) is 2.60. The SMILES string of the molecule is CC(=O)NC1CN(C(=O)c2ccc(C(F)(F)F)c(F)c2)C1. The van der Waals surface area contributed by atoms with Gasteiger partial charge in [0.2, 0.25) is 5.91 Å².